The SMILES string of the molecule is C[C@]1(C(N)=O)COc2c1cc(C(O)(CNC(=O)c1ccc(OC3CC3)cc1)C(F)(F)F)nc2-c1ccc(F)cc1. The van der Waals surface area contributed by atoms with Crippen LogP contribution in [0.25, 0.3) is 11.3 Å². The van der Waals surface area contributed by atoms with E-state index in [1.54, 1.807) is 0 Å². The molecule has 8 nitrogen and oxygen atoms in total. The van der Waals surface area contributed by atoms with Crippen LogP contribution in [0.5, 0.6) is 11.5 Å². The molecule has 0 saturated heterocycles. The molecule has 2 amide bonds. The molecule has 2 aromatic carbocycles. The summed E-state index contributed by atoms with van der Waals surface area (Å²) in [6.07, 6.45) is -3.32. The lowest BCUT2D eigenvalue weighted by molar-refractivity contribution is -0.265. The lowest BCUT2D eigenvalue weighted by atomic mass is 9.81. The molecule has 2 heterocycles. The fourth-order valence-electron chi connectivity index (χ4n) is 4.31. The Morgan fingerprint density at radius 1 is 1.15 bits per heavy atom. The van der Waals surface area contributed by atoms with Crippen molar-refractivity contribution in [1.29, 1.82) is 0 Å². The van der Waals surface area contributed by atoms with Crippen molar-refractivity contribution < 1.29 is 41.7 Å². The van der Waals surface area contributed by atoms with E-state index in [1.165, 1.54) is 43.3 Å². The number of primary amides is 1. The number of halogens is 4. The molecule has 1 aliphatic heterocycles. The van der Waals surface area contributed by atoms with Crippen LogP contribution in [0.1, 0.15) is 41.4 Å². The van der Waals surface area contributed by atoms with Crippen molar-refractivity contribution >= 4 is 11.8 Å². The Kier molecular flexibility index (Phi) is 6.69. The molecule has 2 aliphatic rings. The maximum atomic E-state index is 14.5. The number of benzene rings is 2. The Balaban J connectivity index is 1.52. The van der Waals surface area contributed by atoms with Gasteiger partial charge in [0, 0.05) is 16.7 Å². The quantitative estimate of drug-likeness (QED) is 0.362. The van der Waals surface area contributed by atoms with Gasteiger partial charge in [-0.05, 0) is 74.4 Å². The first-order chi connectivity index (χ1) is 18.8. The van der Waals surface area contributed by atoms with Gasteiger partial charge in [0.1, 0.15) is 35.0 Å². The number of hydrogen-bond donors (Lipinski definition) is 3. The molecule has 0 bridgehead atoms. The number of alkyl halides is 3. The van der Waals surface area contributed by atoms with Crippen LogP contribution < -0.4 is 20.5 Å². The summed E-state index contributed by atoms with van der Waals surface area (Å²) in [6.45, 7) is -0.179. The Hall–Kier alpha value is -4.19. The largest absolute Gasteiger partial charge is 0.490 e. The number of fused-ring (bicyclic) bond motifs is 1. The Labute approximate surface area is 226 Å². The number of amides is 2. The molecule has 1 unspecified atom stereocenters. The van der Waals surface area contributed by atoms with Gasteiger partial charge >= 0.3 is 6.18 Å². The maximum Gasteiger partial charge on any atom is 0.424 e. The van der Waals surface area contributed by atoms with Gasteiger partial charge in [0.15, 0.2) is 0 Å². The molecular formula is C28H25F4N3O5. The number of ether oxygens (including phenoxy) is 2. The van der Waals surface area contributed by atoms with Gasteiger partial charge in [0.05, 0.1) is 18.3 Å². The van der Waals surface area contributed by atoms with Crippen molar-refractivity contribution in [3.8, 4) is 22.8 Å². The number of nitrogens with two attached hydrogens (primary N) is 1. The van der Waals surface area contributed by atoms with Crippen molar-refractivity contribution in [2.75, 3.05) is 13.2 Å². The molecule has 0 spiro atoms. The van der Waals surface area contributed by atoms with Crippen LogP contribution >= 0.6 is 0 Å². The van der Waals surface area contributed by atoms with Gasteiger partial charge in [0.2, 0.25) is 11.5 Å². The van der Waals surface area contributed by atoms with E-state index in [0.29, 0.717) is 5.75 Å². The van der Waals surface area contributed by atoms with E-state index >= 15 is 0 Å². The van der Waals surface area contributed by atoms with Gasteiger partial charge in [0.25, 0.3) is 5.91 Å². The Morgan fingerprint density at radius 3 is 2.38 bits per heavy atom. The predicted octanol–water partition coefficient (Wildman–Crippen LogP) is 3.74. The molecule has 1 aliphatic carbocycles. The van der Waals surface area contributed by atoms with Gasteiger partial charge in [-0.15, -0.1) is 0 Å². The summed E-state index contributed by atoms with van der Waals surface area (Å²) in [5.41, 5.74) is -0.502. The molecule has 1 aromatic heterocycles. The number of carbonyl (C=O) groups excluding carboxylic acids is 2. The number of aromatic nitrogens is 1. The average Bonchev–Trinajstić information content (AvgIpc) is 3.67. The summed E-state index contributed by atoms with van der Waals surface area (Å²) < 4.78 is 68.3. The topological polar surface area (TPSA) is 124 Å². The molecule has 0 radical (unpaired) electrons. The highest BCUT2D eigenvalue weighted by Crippen LogP contribution is 2.47. The van der Waals surface area contributed by atoms with Gasteiger partial charge in [-0.25, -0.2) is 9.37 Å². The van der Waals surface area contributed by atoms with E-state index in [-0.39, 0.29) is 40.8 Å². The summed E-state index contributed by atoms with van der Waals surface area (Å²) in [7, 11) is 0. The third-order valence-electron chi connectivity index (χ3n) is 7.08. The first-order valence-electron chi connectivity index (χ1n) is 12.4. The van der Waals surface area contributed by atoms with Crippen molar-refractivity contribution in [1.82, 2.24) is 10.3 Å². The minimum atomic E-state index is -5.31. The Bertz CT molecular complexity index is 1460. The zero-order chi connectivity index (χ0) is 28.9. The molecule has 210 valence electrons. The fraction of sp³-hybridized carbons (Fsp3) is 0.321. The first kappa shape index (κ1) is 27.4. The van der Waals surface area contributed by atoms with Crippen LogP contribution in [0, 0.1) is 5.82 Å². The first-order valence-corrected chi connectivity index (χ1v) is 12.4. The molecule has 1 saturated carbocycles. The molecule has 12 heteroatoms. The third kappa shape index (κ3) is 4.94. The summed E-state index contributed by atoms with van der Waals surface area (Å²) in [4.78, 5) is 29.1. The Morgan fingerprint density at radius 2 is 1.80 bits per heavy atom. The number of pyridine rings is 1. The third-order valence-corrected chi connectivity index (χ3v) is 7.08. The van der Waals surface area contributed by atoms with E-state index < -0.39 is 47.1 Å². The standard InChI is InChI=1S/C28H25F4N3O5/c1-26(25(33)37)14-39-23-20(26)12-21(35-22(23)15-2-6-17(29)7-3-15)27(38,28(30,31)32)13-34-24(36)16-4-8-18(9-5-16)40-19-10-11-19/h2-9,12,19,38H,10-11,13-14H2,1H3,(H2,33,37)(H,34,36)/t26-,27?/m0/s1. The maximum absolute atomic E-state index is 14.5. The molecule has 40 heavy (non-hydrogen) atoms. The molecular weight excluding hydrogens is 534 g/mol. The van der Waals surface area contributed by atoms with Crippen molar-refractivity contribution in [2.24, 2.45) is 5.73 Å². The lowest BCUT2D eigenvalue weighted by Crippen LogP contribution is -2.51. The van der Waals surface area contributed by atoms with Crippen molar-refractivity contribution in [3.63, 3.8) is 0 Å². The highest BCUT2D eigenvalue weighted by Gasteiger charge is 2.57. The number of rotatable bonds is 8. The minimum absolute atomic E-state index is 0.0151. The second-order valence-corrected chi connectivity index (χ2v) is 10.1. The zero-order valence-electron chi connectivity index (χ0n) is 21.2. The van der Waals surface area contributed by atoms with Crippen molar-refractivity contribution in [3.05, 3.63) is 77.2 Å². The number of nitrogens with one attached hydrogen (secondary N) is 1. The fourth-order valence-corrected chi connectivity index (χ4v) is 4.31. The predicted molar refractivity (Wildman–Crippen MR) is 134 cm³/mol. The van der Waals surface area contributed by atoms with Gasteiger partial charge < -0.3 is 25.6 Å². The van der Waals surface area contributed by atoms with Crippen LogP contribution in [-0.2, 0) is 15.8 Å². The van der Waals surface area contributed by atoms with Gasteiger partial charge in [-0.3, -0.25) is 9.59 Å². The van der Waals surface area contributed by atoms with E-state index in [2.05, 4.69) is 10.3 Å². The summed E-state index contributed by atoms with van der Waals surface area (Å²) in [5.74, 6) is -1.82. The van der Waals surface area contributed by atoms with Crippen LogP contribution in [0.15, 0.2) is 54.6 Å². The highest BCUT2D eigenvalue weighted by molar-refractivity contribution is 5.94. The van der Waals surface area contributed by atoms with Crippen LogP contribution in [0.4, 0.5) is 17.6 Å². The number of nitrogens with zero attached hydrogens (tertiary/aromatic N) is 1. The van der Waals surface area contributed by atoms with Crippen LogP contribution in [-0.4, -0.2) is 47.3 Å². The molecule has 3 aromatic rings. The second kappa shape index (κ2) is 9.77. The normalized spacial score (nSPS) is 19.8. The van der Waals surface area contributed by atoms with E-state index in [1.807, 2.05) is 0 Å². The number of hydrogen-bond acceptors (Lipinski definition) is 6. The summed E-state index contributed by atoms with van der Waals surface area (Å²) in [5, 5.41) is 13.2. The number of aliphatic hydroxyl groups is 1. The van der Waals surface area contributed by atoms with E-state index in [0.717, 1.165) is 31.0 Å². The lowest BCUT2D eigenvalue weighted by Gasteiger charge is -2.31. The molecule has 5 rings (SSSR count). The summed E-state index contributed by atoms with van der Waals surface area (Å²) >= 11 is 0. The highest BCUT2D eigenvalue weighted by atomic mass is 19.4. The smallest absolute Gasteiger partial charge is 0.424 e. The van der Waals surface area contributed by atoms with Crippen LogP contribution in [0.2, 0.25) is 0 Å². The summed E-state index contributed by atoms with van der Waals surface area (Å²) in [6, 6.07) is 11.5. The minimum Gasteiger partial charge on any atom is -0.490 e. The second-order valence-electron chi connectivity index (χ2n) is 10.1. The van der Waals surface area contributed by atoms with E-state index in [9.17, 15) is 32.3 Å². The van der Waals surface area contributed by atoms with Gasteiger partial charge in [-0.1, -0.05) is 0 Å². The monoisotopic (exact) mass is 559 g/mol. The van der Waals surface area contributed by atoms with E-state index in [4.69, 9.17) is 15.2 Å². The molecule has 2 atom stereocenters. The number of carbonyl (C=O) groups is 2. The molecule has 1 fully saturated rings. The van der Waals surface area contributed by atoms with Gasteiger partial charge in [-0.2, -0.15) is 13.2 Å². The molecule has 4 N–H and O–H groups in total. The average molecular weight is 560 g/mol. The van der Waals surface area contributed by atoms with Crippen molar-refractivity contribution in [2.45, 2.75) is 43.1 Å². The zero-order valence-corrected chi connectivity index (χ0v) is 21.2. The van der Waals surface area contributed by atoms with Crippen LogP contribution in [0.3, 0.4) is 0 Å².